The molecule has 0 bridgehead atoms. The zero-order valence-corrected chi connectivity index (χ0v) is 18.3. The molecule has 2 aromatic carbocycles. The van der Waals surface area contributed by atoms with Crippen molar-refractivity contribution in [3.8, 4) is 11.5 Å². The number of methoxy groups -OCH3 is 1. The van der Waals surface area contributed by atoms with Crippen molar-refractivity contribution < 1.29 is 14.6 Å². The quantitative estimate of drug-likeness (QED) is 0.411. The van der Waals surface area contributed by atoms with Gasteiger partial charge in [0.25, 0.3) is 0 Å². The molecule has 0 saturated carbocycles. The molecular weight excluding hydrogens is 392 g/mol. The topological polar surface area (TPSA) is 71.8 Å². The second kappa shape index (κ2) is 12.1. The van der Waals surface area contributed by atoms with Crippen molar-refractivity contribution in [2.45, 2.75) is 25.7 Å². The number of aromatic nitrogens is 2. The highest BCUT2D eigenvalue weighted by molar-refractivity contribution is 5.43. The number of hydrogen-bond donors (Lipinski definition) is 2. The number of benzene rings is 2. The van der Waals surface area contributed by atoms with Crippen LogP contribution in [0.4, 0.5) is 0 Å². The second-order valence-electron chi connectivity index (χ2n) is 7.58. The van der Waals surface area contributed by atoms with Crippen LogP contribution in [0.2, 0.25) is 0 Å². The lowest BCUT2D eigenvalue weighted by molar-refractivity contribution is 0.0732. The predicted octanol–water partition coefficient (Wildman–Crippen LogP) is 2.55. The Morgan fingerprint density at radius 3 is 2.68 bits per heavy atom. The van der Waals surface area contributed by atoms with Crippen LogP contribution in [0.1, 0.15) is 11.1 Å². The van der Waals surface area contributed by atoms with Crippen LogP contribution in [0.25, 0.3) is 0 Å². The Labute approximate surface area is 184 Å². The van der Waals surface area contributed by atoms with E-state index in [0.29, 0.717) is 24.6 Å². The van der Waals surface area contributed by atoms with Crippen molar-refractivity contribution >= 4 is 0 Å². The third kappa shape index (κ3) is 7.71. The van der Waals surface area contributed by atoms with Gasteiger partial charge in [0.15, 0.2) is 11.5 Å². The van der Waals surface area contributed by atoms with Crippen molar-refractivity contribution in [1.29, 1.82) is 0 Å². The molecule has 3 aromatic rings. The van der Waals surface area contributed by atoms with Gasteiger partial charge in [-0.3, -0.25) is 9.58 Å². The highest BCUT2D eigenvalue weighted by atomic mass is 16.5. The maximum absolute atomic E-state index is 10.4. The Morgan fingerprint density at radius 1 is 1.10 bits per heavy atom. The van der Waals surface area contributed by atoms with Gasteiger partial charge in [0.1, 0.15) is 12.7 Å². The highest BCUT2D eigenvalue weighted by Gasteiger charge is 2.12. The van der Waals surface area contributed by atoms with Gasteiger partial charge in [-0.2, -0.15) is 5.10 Å². The van der Waals surface area contributed by atoms with Gasteiger partial charge in [-0.05, 0) is 36.4 Å². The fourth-order valence-electron chi connectivity index (χ4n) is 3.36. The molecule has 1 atom stereocenters. The molecule has 0 unspecified atom stereocenters. The molecule has 31 heavy (non-hydrogen) atoms. The van der Waals surface area contributed by atoms with Crippen LogP contribution < -0.4 is 14.8 Å². The fourth-order valence-corrected chi connectivity index (χ4v) is 3.36. The number of hydrogen-bond acceptors (Lipinski definition) is 6. The zero-order chi connectivity index (χ0) is 21.9. The number of likely N-dealkylation sites (N-methyl/N-ethyl adjacent to an activating group) is 1. The van der Waals surface area contributed by atoms with E-state index in [1.807, 2.05) is 60.4 Å². The largest absolute Gasteiger partial charge is 0.493 e. The minimum Gasteiger partial charge on any atom is -0.493 e. The second-order valence-corrected chi connectivity index (χ2v) is 7.58. The lowest BCUT2D eigenvalue weighted by Crippen LogP contribution is -2.32. The van der Waals surface area contributed by atoms with Crippen molar-refractivity contribution in [2.24, 2.45) is 0 Å². The summed E-state index contributed by atoms with van der Waals surface area (Å²) in [7, 11) is 3.61. The molecule has 7 nitrogen and oxygen atoms in total. The Balaban J connectivity index is 1.45. The first-order valence-corrected chi connectivity index (χ1v) is 10.5. The SMILES string of the molecule is COc1ccc(CNCCn2cccn2)cc1OC[C@@H](O)CN(C)Cc1ccccc1. The summed E-state index contributed by atoms with van der Waals surface area (Å²) in [6.45, 7) is 3.84. The van der Waals surface area contributed by atoms with E-state index in [9.17, 15) is 5.11 Å². The van der Waals surface area contributed by atoms with E-state index < -0.39 is 6.10 Å². The summed E-state index contributed by atoms with van der Waals surface area (Å²) in [6.07, 6.45) is 3.12. The van der Waals surface area contributed by atoms with Gasteiger partial charge in [0, 0.05) is 38.6 Å². The standard InChI is InChI=1S/C24H32N4O3/c1-27(17-20-7-4-3-5-8-20)18-22(29)19-31-24-15-21(9-10-23(24)30-2)16-25-12-14-28-13-6-11-26-28/h3-11,13,15,22,25,29H,12,14,16-19H2,1-2H3/t22-/m0/s1. The Kier molecular flexibility index (Phi) is 8.90. The number of nitrogens with one attached hydrogen (secondary N) is 1. The third-order valence-electron chi connectivity index (χ3n) is 4.88. The average Bonchev–Trinajstić information content (AvgIpc) is 3.29. The summed E-state index contributed by atoms with van der Waals surface area (Å²) in [5.41, 5.74) is 2.31. The van der Waals surface area contributed by atoms with E-state index in [4.69, 9.17) is 9.47 Å². The van der Waals surface area contributed by atoms with Gasteiger partial charge in [-0.25, -0.2) is 0 Å². The average molecular weight is 425 g/mol. The first kappa shape index (κ1) is 22.8. The van der Waals surface area contributed by atoms with Gasteiger partial charge in [0.2, 0.25) is 0 Å². The van der Waals surface area contributed by atoms with Crippen molar-refractivity contribution in [1.82, 2.24) is 20.0 Å². The molecule has 3 rings (SSSR count). The summed E-state index contributed by atoms with van der Waals surface area (Å²) in [5.74, 6) is 1.30. The van der Waals surface area contributed by atoms with Crippen LogP contribution in [-0.4, -0.2) is 59.7 Å². The number of ether oxygens (including phenoxy) is 2. The molecule has 0 fully saturated rings. The van der Waals surface area contributed by atoms with Gasteiger partial charge < -0.3 is 19.9 Å². The van der Waals surface area contributed by atoms with Gasteiger partial charge in [-0.15, -0.1) is 0 Å². The summed E-state index contributed by atoms with van der Waals surface area (Å²) < 4.78 is 13.2. The minimum atomic E-state index is -0.603. The fraction of sp³-hybridized carbons (Fsp3) is 0.375. The van der Waals surface area contributed by atoms with Gasteiger partial charge >= 0.3 is 0 Å². The van der Waals surface area contributed by atoms with Gasteiger partial charge in [-0.1, -0.05) is 36.4 Å². The molecule has 166 valence electrons. The third-order valence-corrected chi connectivity index (χ3v) is 4.88. The Hall–Kier alpha value is -2.87. The molecule has 1 aromatic heterocycles. The number of rotatable bonds is 13. The van der Waals surface area contributed by atoms with E-state index in [-0.39, 0.29) is 6.61 Å². The molecule has 0 aliphatic heterocycles. The molecular formula is C24H32N4O3. The monoisotopic (exact) mass is 424 g/mol. The Morgan fingerprint density at radius 2 is 1.94 bits per heavy atom. The summed E-state index contributed by atoms with van der Waals surface area (Å²) in [5, 5.41) is 18.0. The molecule has 2 N–H and O–H groups in total. The molecule has 0 aliphatic rings. The van der Waals surface area contributed by atoms with Crippen molar-refractivity contribution in [2.75, 3.05) is 33.9 Å². The van der Waals surface area contributed by atoms with Crippen LogP contribution in [0.5, 0.6) is 11.5 Å². The normalized spacial score (nSPS) is 12.1. The summed E-state index contributed by atoms with van der Waals surface area (Å²) >= 11 is 0. The first-order valence-electron chi connectivity index (χ1n) is 10.5. The molecule has 0 amide bonds. The van der Waals surface area contributed by atoms with Crippen LogP contribution in [-0.2, 0) is 19.6 Å². The highest BCUT2D eigenvalue weighted by Crippen LogP contribution is 2.28. The molecule has 7 heteroatoms. The minimum absolute atomic E-state index is 0.200. The lowest BCUT2D eigenvalue weighted by Gasteiger charge is -2.21. The van der Waals surface area contributed by atoms with E-state index >= 15 is 0 Å². The number of nitrogens with zero attached hydrogens (tertiary/aromatic N) is 3. The molecule has 0 saturated heterocycles. The van der Waals surface area contributed by atoms with Crippen LogP contribution in [0.3, 0.4) is 0 Å². The van der Waals surface area contributed by atoms with Crippen molar-refractivity contribution in [3.05, 3.63) is 78.1 Å². The molecule has 0 radical (unpaired) electrons. The summed E-state index contributed by atoms with van der Waals surface area (Å²) in [4.78, 5) is 2.08. The van der Waals surface area contributed by atoms with E-state index in [1.165, 1.54) is 5.56 Å². The van der Waals surface area contributed by atoms with Crippen LogP contribution >= 0.6 is 0 Å². The van der Waals surface area contributed by atoms with Gasteiger partial charge in [0.05, 0.1) is 13.7 Å². The predicted molar refractivity (Wildman–Crippen MR) is 121 cm³/mol. The molecule has 0 spiro atoms. The molecule has 0 aliphatic carbocycles. The zero-order valence-electron chi connectivity index (χ0n) is 18.3. The van der Waals surface area contributed by atoms with Crippen molar-refractivity contribution in [3.63, 3.8) is 0 Å². The number of aliphatic hydroxyl groups excluding tert-OH is 1. The van der Waals surface area contributed by atoms with Crippen LogP contribution in [0, 0.1) is 0 Å². The maximum atomic E-state index is 10.4. The summed E-state index contributed by atoms with van der Waals surface area (Å²) in [6, 6.07) is 18.0. The van der Waals surface area contributed by atoms with Crippen LogP contribution in [0.15, 0.2) is 67.0 Å². The maximum Gasteiger partial charge on any atom is 0.161 e. The number of aliphatic hydroxyl groups is 1. The Bertz CT molecular complexity index is 887. The first-order chi connectivity index (χ1) is 15.1. The van der Waals surface area contributed by atoms with E-state index in [1.54, 1.807) is 13.3 Å². The van der Waals surface area contributed by atoms with E-state index in [0.717, 1.165) is 25.2 Å². The van der Waals surface area contributed by atoms with E-state index in [2.05, 4.69) is 27.4 Å². The molecule has 1 heterocycles. The lowest BCUT2D eigenvalue weighted by atomic mass is 10.2. The smallest absolute Gasteiger partial charge is 0.161 e.